The summed E-state index contributed by atoms with van der Waals surface area (Å²) in [6.45, 7) is 12.7. The molecular weight excluding hydrogens is 259 g/mol. The standard InChI is InChI=1S/C14H25FOSi2/c1-16-13-10-8-9-12(11-13)14(15,17(2,3)4)18(5,6)7/h8-11H,1-7H3. The van der Waals surface area contributed by atoms with Gasteiger partial charge in [0, 0.05) is 0 Å². The van der Waals surface area contributed by atoms with E-state index in [1.54, 1.807) is 7.11 Å². The lowest BCUT2D eigenvalue weighted by atomic mass is 10.2. The molecule has 18 heavy (non-hydrogen) atoms. The third kappa shape index (κ3) is 2.54. The highest BCUT2D eigenvalue weighted by molar-refractivity contribution is 6.97. The SMILES string of the molecule is COc1cccc(C(F)([Si](C)(C)C)[Si](C)(C)C)c1. The van der Waals surface area contributed by atoms with E-state index in [9.17, 15) is 0 Å². The average molecular weight is 285 g/mol. The minimum Gasteiger partial charge on any atom is -0.497 e. The fraction of sp³-hybridized carbons (Fsp3) is 0.571. The van der Waals surface area contributed by atoms with Gasteiger partial charge in [-0.05, 0) is 17.7 Å². The Morgan fingerprint density at radius 3 is 1.89 bits per heavy atom. The van der Waals surface area contributed by atoms with Crippen molar-refractivity contribution in [1.29, 1.82) is 0 Å². The van der Waals surface area contributed by atoms with Gasteiger partial charge < -0.3 is 4.74 Å². The lowest BCUT2D eigenvalue weighted by Gasteiger charge is -2.45. The first kappa shape index (κ1) is 15.4. The molecule has 0 atom stereocenters. The molecule has 0 amide bonds. The van der Waals surface area contributed by atoms with Crippen LogP contribution in [-0.4, -0.2) is 23.3 Å². The van der Waals surface area contributed by atoms with E-state index in [0.717, 1.165) is 11.3 Å². The van der Waals surface area contributed by atoms with Crippen molar-refractivity contribution >= 4 is 16.1 Å². The van der Waals surface area contributed by atoms with E-state index < -0.39 is 21.1 Å². The third-order valence-corrected chi connectivity index (χ3v) is 12.7. The third-order valence-electron chi connectivity index (χ3n) is 3.53. The smallest absolute Gasteiger partial charge is 0.119 e. The van der Waals surface area contributed by atoms with Crippen LogP contribution in [0, 0.1) is 0 Å². The van der Waals surface area contributed by atoms with Crippen LogP contribution in [0.2, 0.25) is 39.3 Å². The number of methoxy groups -OCH3 is 1. The molecule has 4 heteroatoms. The molecule has 0 fully saturated rings. The van der Waals surface area contributed by atoms with Gasteiger partial charge in [-0.2, -0.15) is 0 Å². The van der Waals surface area contributed by atoms with Crippen molar-refractivity contribution in [3.8, 4) is 5.75 Å². The normalized spacial score (nSPS) is 13.6. The van der Waals surface area contributed by atoms with Crippen LogP contribution in [0.1, 0.15) is 5.56 Å². The van der Waals surface area contributed by atoms with Crippen molar-refractivity contribution in [3.63, 3.8) is 0 Å². The highest BCUT2D eigenvalue weighted by Gasteiger charge is 2.54. The number of hydrogen-bond donors (Lipinski definition) is 0. The van der Waals surface area contributed by atoms with Gasteiger partial charge in [0.2, 0.25) is 0 Å². The Hall–Kier alpha value is -0.616. The summed E-state index contributed by atoms with van der Waals surface area (Å²) in [6, 6.07) is 7.55. The molecule has 0 spiro atoms. The van der Waals surface area contributed by atoms with Crippen molar-refractivity contribution in [2.75, 3.05) is 7.11 Å². The minimum absolute atomic E-state index is 0.742. The molecule has 102 valence electrons. The fourth-order valence-electron chi connectivity index (χ4n) is 2.83. The average Bonchev–Trinajstić information content (AvgIpc) is 2.25. The Balaban J connectivity index is 3.45. The number of hydrogen-bond acceptors (Lipinski definition) is 1. The van der Waals surface area contributed by atoms with Crippen LogP contribution in [0.25, 0.3) is 0 Å². The fourth-order valence-corrected chi connectivity index (χ4v) is 13.9. The Bertz CT molecular complexity index is 405. The molecule has 0 aliphatic carbocycles. The number of halogens is 1. The predicted molar refractivity (Wildman–Crippen MR) is 82.5 cm³/mol. The van der Waals surface area contributed by atoms with E-state index in [1.165, 1.54) is 0 Å². The minimum atomic E-state index is -1.98. The number of alkyl halides is 1. The Morgan fingerprint density at radius 1 is 1.00 bits per heavy atom. The van der Waals surface area contributed by atoms with Crippen molar-refractivity contribution in [2.45, 2.75) is 44.2 Å². The lowest BCUT2D eigenvalue weighted by Crippen LogP contribution is -2.60. The molecular formula is C14H25FOSi2. The Kier molecular flexibility index (Phi) is 4.13. The molecule has 0 aromatic heterocycles. The molecule has 0 bridgehead atoms. The molecule has 1 rings (SSSR count). The van der Waals surface area contributed by atoms with E-state index in [2.05, 4.69) is 39.3 Å². The van der Waals surface area contributed by atoms with Gasteiger partial charge in [0.15, 0.2) is 0 Å². The maximum Gasteiger partial charge on any atom is 0.119 e. The van der Waals surface area contributed by atoms with Crippen LogP contribution < -0.4 is 4.74 Å². The number of ether oxygens (including phenoxy) is 1. The quantitative estimate of drug-likeness (QED) is 0.733. The number of benzene rings is 1. The number of rotatable bonds is 4. The van der Waals surface area contributed by atoms with Gasteiger partial charge >= 0.3 is 0 Å². The summed E-state index contributed by atoms with van der Waals surface area (Å²) in [5, 5.41) is 0. The van der Waals surface area contributed by atoms with E-state index in [0.29, 0.717) is 0 Å². The molecule has 1 aromatic rings. The molecule has 0 heterocycles. The second kappa shape index (κ2) is 4.81. The van der Waals surface area contributed by atoms with E-state index in [1.807, 2.05) is 24.3 Å². The maximum atomic E-state index is 15.9. The largest absolute Gasteiger partial charge is 0.497 e. The van der Waals surface area contributed by atoms with Crippen LogP contribution in [0.5, 0.6) is 5.75 Å². The molecule has 0 unspecified atom stereocenters. The van der Waals surface area contributed by atoms with Gasteiger partial charge in [-0.1, -0.05) is 51.4 Å². The van der Waals surface area contributed by atoms with Crippen molar-refractivity contribution in [2.24, 2.45) is 0 Å². The zero-order valence-corrected chi connectivity index (χ0v) is 14.6. The Labute approximate surface area is 112 Å². The second-order valence-electron chi connectivity index (χ2n) is 6.89. The lowest BCUT2D eigenvalue weighted by molar-refractivity contribution is 0.362. The molecule has 0 saturated heterocycles. The van der Waals surface area contributed by atoms with Crippen LogP contribution in [-0.2, 0) is 4.92 Å². The van der Waals surface area contributed by atoms with Gasteiger partial charge in [-0.3, -0.25) is 0 Å². The first-order chi connectivity index (χ1) is 8.04. The monoisotopic (exact) mass is 284 g/mol. The van der Waals surface area contributed by atoms with Gasteiger partial charge in [-0.25, -0.2) is 4.39 Å². The van der Waals surface area contributed by atoms with Gasteiger partial charge in [0.1, 0.15) is 10.7 Å². The summed E-state index contributed by atoms with van der Waals surface area (Å²) in [6.07, 6.45) is 0. The van der Waals surface area contributed by atoms with Crippen LogP contribution in [0.4, 0.5) is 4.39 Å². The van der Waals surface area contributed by atoms with Crippen LogP contribution >= 0.6 is 0 Å². The maximum absolute atomic E-state index is 15.9. The van der Waals surface area contributed by atoms with Gasteiger partial charge in [0.05, 0.1) is 23.3 Å². The topological polar surface area (TPSA) is 9.23 Å². The summed E-state index contributed by atoms with van der Waals surface area (Å²) in [5.74, 6) is 0.742. The highest BCUT2D eigenvalue weighted by Crippen LogP contribution is 2.44. The zero-order chi connectivity index (χ0) is 14.2. The van der Waals surface area contributed by atoms with Crippen molar-refractivity contribution in [3.05, 3.63) is 29.8 Å². The van der Waals surface area contributed by atoms with E-state index in [-0.39, 0.29) is 0 Å². The summed E-state index contributed by atoms with van der Waals surface area (Å²) in [5.41, 5.74) is 0.806. The molecule has 0 N–H and O–H groups in total. The Morgan fingerprint density at radius 2 is 1.50 bits per heavy atom. The van der Waals surface area contributed by atoms with E-state index in [4.69, 9.17) is 4.74 Å². The van der Waals surface area contributed by atoms with Gasteiger partial charge in [-0.15, -0.1) is 0 Å². The van der Waals surface area contributed by atoms with Crippen LogP contribution in [0.15, 0.2) is 24.3 Å². The van der Waals surface area contributed by atoms with Gasteiger partial charge in [0.25, 0.3) is 0 Å². The molecule has 0 aliphatic heterocycles. The highest BCUT2D eigenvalue weighted by atomic mass is 28.4. The molecule has 1 nitrogen and oxygen atoms in total. The molecule has 0 aliphatic rings. The predicted octanol–water partition coefficient (Wildman–Crippen LogP) is 4.61. The van der Waals surface area contributed by atoms with Crippen molar-refractivity contribution in [1.82, 2.24) is 0 Å². The first-order valence-corrected chi connectivity index (χ1v) is 13.4. The van der Waals surface area contributed by atoms with Crippen molar-refractivity contribution < 1.29 is 9.13 Å². The molecule has 1 aromatic carbocycles. The molecule has 0 saturated carbocycles. The second-order valence-corrected chi connectivity index (χ2v) is 17.8. The zero-order valence-electron chi connectivity index (χ0n) is 12.6. The van der Waals surface area contributed by atoms with Crippen LogP contribution in [0.3, 0.4) is 0 Å². The first-order valence-electron chi connectivity index (χ1n) is 6.37. The summed E-state index contributed by atoms with van der Waals surface area (Å²) < 4.78 is 21.2. The summed E-state index contributed by atoms with van der Waals surface area (Å²) >= 11 is 0. The summed E-state index contributed by atoms with van der Waals surface area (Å²) in [4.78, 5) is -1.14. The molecule has 0 radical (unpaired) electrons. The summed E-state index contributed by atoms with van der Waals surface area (Å²) in [7, 11) is -2.34. The van der Waals surface area contributed by atoms with E-state index >= 15 is 4.39 Å².